The van der Waals surface area contributed by atoms with Crippen molar-refractivity contribution in [2.45, 2.75) is 0 Å². The minimum atomic E-state index is -1.11. The van der Waals surface area contributed by atoms with Crippen molar-refractivity contribution < 1.29 is 14.8 Å². The lowest BCUT2D eigenvalue weighted by Crippen LogP contribution is -2.13. The van der Waals surface area contributed by atoms with E-state index in [0.717, 1.165) is 0 Å². The third kappa shape index (κ3) is 2.19. The van der Waals surface area contributed by atoms with E-state index >= 15 is 0 Å². The fourth-order valence-electron chi connectivity index (χ4n) is 0.895. The lowest BCUT2D eigenvalue weighted by molar-refractivity contribution is -0.384. The third-order valence-corrected chi connectivity index (χ3v) is 1.41. The molecule has 0 unspecified atom stereocenters. The van der Waals surface area contributed by atoms with Gasteiger partial charge < -0.3 is 10.4 Å². The summed E-state index contributed by atoms with van der Waals surface area (Å²) in [6, 6.07) is 0. The lowest BCUT2D eigenvalue weighted by Gasteiger charge is -1.96. The number of rotatable bonds is 4. The zero-order valence-corrected chi connectivity index (χ0v) is 7.30. The first-order valence-corrected chi connectivity index (χ1v) is 3.64. The quantitative estimate of drug-likeness (QED) is 0.515. The van der Waals surface area contributed by atoms with E-state index in [0.29, 0.717) is 0 Å². The van der Waals surface area contributed by atoms with E-state index in [9.17, 15) is 14.9 Å². The first-order valence-electron chi connectivity index (χ1n) is 3.64. The number of nitrogens with one attached hydrogen (secondary N) is 1. The molecule has 2 N–H and O–H groups in total. The van der Waals surface area contributed by atoms with Gasteiger partial charge in [-0.3, -0.25) is 19.6 Å². The Morgan fingerprint density at radius 1 is 1.86 bits per heavy atom. The van der Waals surface area contributed by atoms with E-state index < -0.39 is 17.4 Å². The van der Waals surface area contributed by atoms with Crippen molar-refractivity contribution in [1.29, 1.82) is 0 Å². The molecule has 0 amide bonds. The van der Waals surface area contributed by atoms with E-state index in [-0.39, 0.29) is 11.5 Å². The number of carbonyl (C=O) groups is 1. The maximum absolute atomic E-state index is 10.4. The second-order valence-corrected chi connectivity index (χ2v) is 2.54. The molecule has 0 aliphatic carbocycles. The van der Waals surface area contributed by atoms with Gasteiger partial charge in [-0.25, -0.2) is 0 Å². The van der Waals surface area contributed by atoms with E-state index in [1.165, 1.54) is 17.9 Å². The van der Waals surface area contributed by atoms with Crippen LogP contribution in [-0.4, -0.2) is 32.3 Å². The van der Waals surface area contributed by atoms with Crippen LogP contribution in [0, 0.1) is 10.1 Å². The molecule has 0 saturated carbocycles. The summed E-state index contributed by atoms with van der Waals surface area (Å²) in [6.45, 7) is -0.405. The molecule has 1 rings (SSSR count). The predicted octanol–water partition coefficient (Wildman–Crippen LogP) is -0.175. The summed E-state index contributed by atoms with van der Waals surface area (Å²) in [5.41, 5.74) is -0.242. The van der Waals surface area contributed by atoms with Crippen molar-refractivity contribution in [3.63, 3.8) is 0 Å². The van der Waals surface area contributed by atoms with Gasteiger partial charge in [0.1, 0.15) is 12.7 Å². The number of carboxylic acids is 1. The molecule has 8 heteroatoms. The zero-order chi connectivity index (χ0) is 10.7. The molecular formula is C6H8N4O4. The number of hydrogen-bond donors (Lipinski definition) is 2. The highest BCUT2D eigenvalue weighted by molar-refractivity contribution is 5.73. The highest BCUT2D eigenvalue weighted by atomic mass is 16.6. The Labute approximate surface area is 78.3 Å². The molecule has 14 heavy (non-hydrogen) atoms. The van der Waals surface area contributed by atoms with E-state index in [2.05, 4.69) is 10.4 Å². The van der Waals surface area contributed by atoms with Crippen LogP contribution in [0.3, 0.4) is 0 Å². The normalized spacial score (nSPS) is 9.79. The van der Waals surface area contributed by atoms with Crippen LogP contribution < -0.4 is 5.32 Å². The third-order valence-electron chi connectivity index (χ3n) is 1.41. The van der Waals surface area contributed by atoms with Gasteiger partial charge in [-0.1, -0.05) is 0 Å². The Morgan fingerprint density at radius 3 is 3.00 bits per heavy atom. The molecule has 76 valence electrons. The largest absolute Gasteiger partial charge is 0.480 e. The van der Waals surface area contributed by atoms with Gasteiger partial charge in [-0.2, -0.15) is 0 Å². The molecule has 0 aromatic carbocycles. The highest BCUT2D eigenvalue weighted by Gasteiger charge is 2.18. The fraction of sp³-hybridized carbons (Fsp3) is 0.333. The highest BCUT2D eigenvalue weighted by Crippen LogP contribution is 2.20. The smallest absolute Gasteiger partial charge is 0.330 e. The molecule has 0 aliphatic heterocycles. The standard InChI is InChI=1S/C6H8N4O4/c1-9-3-4(10(13)14)6(8-9)7-2-5(11)12/h3H,2H2,1H3,(H,7,8)(H,11,12). The Morgan fingerprint density at radius 2 is 2.50 bits per heavy atom. The van der Waals surface area contributed by atoms with Gasteiger partial charge in [0, 0.05) is 7.05 Å². The molecule has 1 aromatic rings. The van der Waals surface area contributed by atoms with Crippen LogP contribution in [0.15, 0.2) is 6.20 Å². The molecule has 0 bridgehead atoms. The second kappa shape index (κ2) is 3.73. The summed E-state index contributed by atoms with van der Waals surface area (Å²) in [4.78, 5) is 20.0. The zero-order valence-electron chi connectivity index (χ0n) is 7.30. The number of nitro groups is 1. The summed E-state index contributed by atoms with van der Waals surface area (Å²) < 4.78 is 1.24. The summed E-state index contributed by atoms with van der Waals surface area (Å²) in [6.07, 6.45) is 1.20. The van der Waals surface area contributed by atoms with Crippen molar-refractivity contribution in [2.75, 3.05) is 11.9 Å². The molecule has 0 radical (unpaired) electrons. The average Bonchev–Trinajstić information content (AvgIpc) is 2.43. The van der Waals surface area contributed by atoms with Crippen LogP contribution in [0.4, 0.5) is 11.5 Å². The van der Waals surface area contributed by atoms with Gasteiger partial charge in [0.2, 0.25) is 5.82 Å². The monoisotopic (exact) mass is 200 g/mol. The Balaban J connectivity index is 2.84. The van der Waals surface area contributed by atoms with Crippen molar-refractivity contribution in [3.05, 3.63) is 16.3 Å². The minimum Gasteiger partial charge on any atom is -0.480 e. The van der Waals surface area contributed by atoms with Crippen molar-refractivity contribution >= 4 is 17.5 Å². The van der Waals surface area contributed by atoms with Crippen LogP contribution in [0.2, 0.25) is 0 Å². The van der Waals surface area contributed by atoms with Crippen LogP contribution in [0.1, 0.15) is 0 Å². The van der Waals surface area contributed by atoms with Crippen LogP contribution in [-0.2, 0) is 11.8 Å². The molecular weight excluding hydrogens is 192 g/mol. The van der Waals surface area contributed by atoms with Crippen LogP contribution in [0.25, 0.3) is 0 Å². The van der Waals surface area contributed by atoms with Gasteiger partial charge in [-0.05, 0) is 0 Å². The molecule has 0 atom stereocenters. The molecule has 0 aliphatic rings. The number of aryl methyl sites for hydroxylation is 1. The molecule has 0 saturated heterocycles. The number of aromatic nitrogens is 2. The van der Waals surface area contributed by atoms with Gasteiger partial charge >= 0.3 is 11.7 Å². The number of aliphatic carboxylic acids is 1. The fourth-order valence-corrected chi connectivity index (χ4v) is 0.895. The van der Waals surface area contributed by atoms with E-state index in [1.54, 1.807) is 0 Å². The van der Waals surface area contributed by atoms with Gasteiger partial charge in [0.15, 0.2) is 0 Å². The van der Waals surface area contributed by atoms with Gasteiger partial charge in [0.05, 0.1) is 4.92 Å². The van der Waals surface area contributed by atoms with Gasteiger partial charge in [0.25, 0.3) is 0 Å². The predicted molar refractivity (Wildman–Crippen MR) is 46.0 cm³/mol. The summed E-state index contributed by atoms with van der Waals surface area (Å²) in [7, 11) is 1.51. The summed E-state index contributed by atoms with van der Waals surface area (Å²) in [5, 5.41) is 24.8. The Bertz CT molecular complexity index is 372. The minimum absolute atomic E-state index is 0.0418. The number of anilines is 1. The maximum Gasteiger partial charge on any atom is 0.330 e. The molecule has 1 aromatic heterocycles. The average molecular weight is 200 g/mol. The van der Waals surface area contributed by atoms with Crippen molar-refractivity contribution in [1.82, 2.24) is 9.78 Å². The van der Waals surface area contributed by atoms with Crippen molar-refractivity contribution in [3.8, 4) is 0 Å². The molecule has 0 spiro atoms. The summed E-state index contributed by atoms with van der Waals surface area (Å²) in [5.74, 6) is -1.15. The van der Waals surface area contributed by atoms with Crippen molar-refractivity contribution in [2.24, 2.45) is 7.05 Å². The maximum atomic E-state index is 10.4. The topological polar surface area (TPSA) is 110 Å². The number of carboxylic acid groups (broad SMARTS) is 1. The Hall–Kier alpha value is -2.12. The SMILES string of the molecule is Cn1cc([N+](=O)[O-])c(NCC(=O)O)n1. The molecule has 1 heterocycles. The first-order chi connectivity index (χ1) is 6.50. The first kappa shape index (κ1) is 9.96. The van der Waals surface area contributed by atoms with E-state index in [1.807, 2.05) is 0 Å². The number of hydrogen-bond acceptors (Lipinski definition) is 5. The number of nitrogens with zero attached hydrogens (tertiary/aromatic N) is 3. The molecule has 0 fully saturated rings. The summed E-state index contributed by atoms with van der Waals surface area (Å²) >= 11 is 0. The van der Waals surface area contributed by atoms with Gasteiger partial charge in [-0.15, -0.1) is 5.10 Å². The lowest BCUT2D eigenvalue weighted by atomic mass is 10.5. The van der Waals surface area contributed by atoms with Crippen LogP contribution in [0.5, 0.6) is 0 Å². The second-order valence-electron chi connectivity index (χ2n) is 2.54. The molecule has 8 nitrogen and oxygen atoms in total. The Kier molecular flexibility index (Phi) is 2.65. The van der Waals surface area contributed by atoms with E-state index in [4.69, 9.17) is 5.11 Å². The van der Waals surface area contributed by atoms with Crippen LogP contribution >= 0.6 is 0 Å².